The second kappa shape index (κ2) is 6.38. The maximum Gasteiger partial charge on any atom is 0.0787 e. The monoisotopic (exact) mass is 194 g/mol. The molecule has 0 saturated carbocycles. The fraction of sp³-hybridized carbons (Fsp3) is 0.545. The average Bonchev–Trinajstić information content (AvgIpc) is 2.18. The highest BCUT2D eigenvalue weighted by molar-refractivity contribution is 5.36. The Kier molecular flexibility index (Phi) is 5.00. The lowest BCUT2D eigenvalue weighted by molar-refractivity contribution is 0.184. The second-order valence-corrected chi connectivity index (χ2v) is 3.73. The van der Waals surface area contributed by atoms with E-state index in [1.807, 2.05) is 12.1 Å². The van der Waals surface area contributed by atoms with Crippen LogP contribution in [-0.4, -0.2) is 11.6 Å². The minimum atomic E-state index is 0.743. The van der Waals surface area contributed by atoms with Crippen LogP contribution in [0.15, 0.2) is 24.5 Å². The molecule has 1 N–H and O–H groups in total. The lowest BCUT2D eigenvalue weighted by atomic mass is 10.1. The van der Waals surface area contributed by atoms with Gasteiger partial charge >= 0.3 is 0 Å². The number of hydrogen-bond donors (Lipinski definition) is 1. The van der Waals surface area contributed by atoms with E-state index in [0.717, 1.165) is 24.6 Å². The van der Waals surface area contributed by atoms with E-state index in [4.69, 9.17) is 4.84 Å². The lowest BCUT2D eigenvalue weighted by Gasteiger charge is -2.07. The smallest absolute Gasteiger partial charge is 0.0787 e. The van der Waals surface area contributed by atoms with E-state index >= 15 is 0 Å². The summed E-state index contributed by atoms with van der Waals surface area (Å²) in [6.45, 7) is 5.18. The van der Waals surface area contributed by atoms with Gasteiger partial charge in [-0.25, -0.2) is 0 Å². The summed E-state index contributed by atoms with van der Waals surface area (Å²) in [4.78, 5) is 9.25. The Morgan fingerprint density at radius 2 is 2.36 bits per heavy atom. The fourth-order valence-electron chi connectivity index (χ4n) is 1.12. The van der Waals surface area contributed by atoms with Gasteiger partial charge in [0.25, 0.3) is 0 Å². The molecule has 0 saturated heterocycles. The molecule has 0 spiro atoms. The quantitative estimate of drug-likeness (QED) is 0.558. The zero-order chi connectivity index (χ0) is 10.2. The van der Waals surface area contributed by atoms with Crippen molar-refractivity contribution in [3.05, 3.63) is 24.5 Å². The van der Waals surface area contributed by atoms with Crippen molar-refractivity contribution in [3.63, 3.8) is 0 Å². The third-order valence-corrected chi connectivity index (χ3v) is 1.88. The van der Waals surface area contributed by atoms with Gasteiger partial charge in [-0.15, -0.1) is 0 Å². The van der Waals surface area contributed by atoms with Gasteiger partial charge in [0.2, 0.25) is 0 Å². The zero-order valence-corrected chi connectivity index (χ0v) is 8.86. The van der Waals surface area contributed by atoms with Crippen LogP contribution in [0.5, 0.6) is 0 Å². The molecule has 0 amide bonds. The first-order chi connectivity index (χ1) is 6.79. The maximum atomic E-state index is 5.28. The molecular weight excluding hydrogens is 176 g/mol. The van der Waals surface area contributed by atoms with Crippen LogP contribution < -0.4 is 5.48 Å². The number of pyridine rings is 1. The van der Waals surface area contributed by atoms with Gasteiger partial charge in [0.15, 0.2) is 0 Å². The van der Waals surface area contributed by atoms with Crippen LogP contribution >= 0.6 is 0 Å². The largest absolute Gasteiger partial charge is 0.276 e. The van der Waals surface area contributed by atoms with Crippen LogP contribution in [0.1, 0.15) is 26.7 Å². The SMILES string of the molecule is CC(C)CCCONc1cccnc1. The van der Waals surface area contributed by atoms with Crippen molar-refractivity contribution in [3.8, 4) is 0 Å². The molecular formula is C11H18N2O. The highest BCUT2D eigenvalue weighted by atomic mass is 16.6. The first-order valence-corrected chi connectivity index (χ1v) is 5.07. The Bertz CT molecular complexity index is 236. The van der Waals surface area contributed by atoms with E-state index < -0.39 is 0 Å². The molecule has 78 valence electrons. The molecule has 0 bridgehead atoms. The van der Waals surface area contributed by atoms with E-state index in [1.165, 1.54) is 6.42 Å². The van der Waals surface area contributed by atoms with Gasteiger partial charge in [0, 0.05) is 6.20 Å². The summed E-state index contributed by atoms with van der Waals surface area (Å²) < 4.78 is 0. The number of rotatable bonds is 6. The zero-order valence-electron chi connectivity index (χ0n) is 8.86. The van der Waals surface area contributed by atoms with Crippen molar-refractivity contribution < 1.29 is 4.84 Å². The average molecular weight is 194 g/mol. The van der Waals surface area contributed by atoms with Gasteiger partial charge in [-0.05, 0) is 30.9 Å². The molecule has 1 rings (SSSR count). The molecule has 3 heteroatoms. The van der Waals surface area contributed by atoms with Gasteiger partial charge in [0.1, 0.15) is 0 Å². The van der Waals surface area contributed by atoms with Crippen molar-refractivity contribution in [1.29, 1.82) is 0 Å². The van der Waals surface area contributed by atoms with Crippen LogP contribution in [0, 0.1) is 5.92 Å². The molecule has 0 radical (unpaired) electrons. The lowest BCUT2D eigenvalue weighted by Crippen LogP contribution is -2.03. The summed E-state index contributed by atoms with van der Waals surface area (Å²) >= 11 is 0. The molecule has 0 atom stereocenters. The van der Waals surface area contributed by atoms with Crippen molar-refractivity contribution >= 4 is 5.69 Å². The van der Waals surface area contributed by atoms with Crippen molar-refractivity contribution in [2.75, 3.05) is 12.1 Å². The van der Waals surface area contributed by atoms with Crippen molar-refractivity contribution in [2.45, 2.75) is 26.7 Å². The summed E-state index contributed by atoms with van der Waals surface area (Å²) in [6.07, 6.45) is 5.77. The summed E-state index contributed by atoms with van der Waals surface area (Å²) in [6, 6.07) is 3.80. The van der Waals surface area contributed by atoms with Crippen molar-refractivity contribution in [1.82, 2.24) is 4.98 Å². The number of anilines is 1. The van der Waals surface area contributed by atoms with Crippen LogP contribution in [-0.2, 0) is 4.84 Å². The normalized spacial score (nSPS) is 10.5. The van der Waals surface area contributed by atoms with Crippen LogP contribution in [0.25, 0.3) is 0 Å². The molecule has 0 fully saturated rings. The van der Waals surface area contributed by atoms with Gasteiger partial charge in [-0.2, -0.15) is 0 Å². The molecule has 14 heavy (non-hydrogen) atoms. The van der Waals surface area contributed by atoms with E-state index in [-0.39, 0.29) is 0 Å². The highest BCUT2D eigenvalue weighted by Crippen LogP contribution is 2.05. The highest BCUT2D eigenvalue weighted by Gasteiger charge is 1.94. The van der Waals surface area contributed by atoms with Gasteiger partial charge in [0.05, 0.1) is 18.5 Å². The van der Waals surface area contributed by atoms with Gasteiger partial charge < -0.3 is 0 Å². The van der Waals surface area contributed by atoms with Crippen LogP contribution in [0.2, 0.25) is 0 Å². The summed E-state index contributed by atoms with van der Waals surface area (Å²) in [5.41, 5.74) is 3.76. The molecule has 0 aliphatic heterocycles. The Balaban J connectivity index is 2.05. The van der Waals surface area contributed by atoms with E-state index in [1.54, 1.807) is 12.4 Å². The minimum absolute atomic E-state index is 0.743. The predicted molar refractivity (Wildman–Crippen MR) is 57.9 cm³/mol. The Morgan fingerprint density at radius 3 is 3.00 bits per heavy atom. The van der Waals surface area contributed by atoms with E-state index in [9.17, 15) is 0 Å². The van der Waals surface area contributed by atoms with E-state index in [0.29, 0.717) is 0 Å². The van der Waals surface area contributed by atoms with Gasteiger partial charge in [-0.1, -0.05) is 13.8 Å². The Labute approximate surface area is 85.5 Å². The van der Waals surface area contributed by atoms with E-state index in [2.05, 4.69) is 24.3 Å². The number of nitrogens with zero attached hydrogens (tertiary/aromatic N) is 1. The predicted octanol–water partition coefficient (Wildman–Crippen LogP) is 2.86. The molecule has 1 heterocycles. The topological polar surface area (TPSA) is 34.1 Å². The summed E-state index contributed by atoms with van der Waals surface area (Å²) in [5, 5.41) is 0. The van der Waals surface area contributed by atoms with Crippen molar-refractivity contribution in [2.24, 2.45) is 5.92 Å². The molecule has 1 aromatic heterocycles. The third-order valence-electron chi connectivity index (χ3n) is 1.88. The number of aromatic nitrogens is 1. The molecule has 0 aliphatic carbocycles. The number of nitrogens with one attached hydrogen (secondary N) is 1. The summed E-state index contributed by atoms with van der Waals surface area (Å²) in [5.74, 6) is 0.747. The molecule has 0 aromatic carbocycles. The van der Waals surface area contributed by atoms with Crippen LogP contribution in [0.3, 0.4) is 0 Å². The molecule has 0 aliphatic rings. The standard InChI is InChI=1S/C11H18N2O/c1-10(2)5-4-8-14-13-11-6-3-7-12-9-11/h3,6-7,9-10,13H,4-5,8H2,1-2H3. The minimum Gasteiger partial charge on any atom is -0.276 e. The Morgan fingerprint density at radius 1 is 1.50 bits per heavy atom. The molecule has 0 unspecified atom stereocenters. The maximum absolute atomic E-state index is 5.28. The first kappa shape index (κ1) is 11.0. The third kappa shape index (κ3) is 4.82. The van der Waals surface area contributed by atoms with Gasteiger partial charge in [-0.3, -0.25) is 15.3 Å². The molecule has 3 nitrogen and oxygen atoms in total. The second-order valence-electron chi connectivity index (χ2n) is 3.73. The fourth-order valence-corrected chi connectivity index (χ4v) is 1.12. The first-order valence-electron chi connectivity index (χ1n) is 5.07. The van der Waals surface area contributed by atoms with Crippen LogP contribution in [0.4, 0.5) is 5.69 Å². The Hall–Kier alpha value is -1.09. The number of hydrogen-bond acceptors (Lipinski definition) is 3. The summed E-state index contributed by atoms with van der Waals surface area (Å²) in [7, 11) is 0. The molecule has 1 aromatic rings.